The average Bonchev–Trinajstić information content (AvgIpc) is 2.70. The van der Waals surface area contributed by atoms with Crippen LogP contribution in [0.5, 0.6) is 0 Å². The lowest BCUT2D eigenvalue weighted by Gasteiger charge is -2.63. The third-order valence-electron chi connectivity index (χ3n) is 8.53. The van der Waals surface area contributed by atoms with E-state index in [1.165, 1.54) is 6.42 Å². The third-order valence-corrected chi connectivity index (χ3v) is 8.53. The second-order valence-electron chi connectivity index (χ2n) is 10.1. The standard InChI is InChI=1S/C22H38N2O4/c1-21-9-8-18-22(2,14-27-20(13-23)28-18)17(21)7-6-16(25)15(21)12-19(26)24-10-4-3-5-11-24/h15-18,20,25H,3-14,23H2,1-2H3. The Bertz CT molecular complexity index is 581. The predicted octanol–water partition coefficient (Wildman–Crippen LogP) is 2.28. The van der Waals surface area contributed by atoms with Crippen molar-refractivity contribution >= 4 is 5.91 Å². The largest absolute Gasteiger partial charge is 0.393 e. The summed E-state index contributed by atoms with van der Waals surface area (Å²) >= 11 is 0. The number of ether oxygens (including phenoxy) is 2. The van der Waals surface area contributed by atoms with Gasteiger partial charge in [-0.15, -0.1) is 0 Å². The van der Waals surface area contributed by atoms with Crippen molar-refractivity contribution in [3.63, 3.8) is 0 Å². The van der Waals surface area contributed by atoms with Gasteiger partial charge in [0.1, 0.15) is 0 Å². The maximum atomic E-state index is 13.0. The van der Waals surface area contributed by atoms with Crippen molar-refractivity contribution in [2.45, 2.75) is 83.7 Å². The Labute approximate surface area is 169 Å². The van der Waals surface area contributed by atoms with Gasteiger partial charge < -0.3 is 25.2 Å². The van der Waals surface area contributed by atoms with Crippen LogP contribution in [0.1, 0.15) is 65.2 Å². The Morgan fingerprint density at radius 3 is 2.61 bits per heavy atom. The predicted molar refractivity (Wildman–Crippen MR) is 106 cm³/mol. The average molecular weight is 395 g/mol. The highest BCUT2D eigenvalue weighted by Crippen LogP contribution is 2.62. The van der Waals surface area contributed by atoms with Crippen molar-refractivity contribution in [3.8, 4) is 0 Å². The molecule has 2 aliphatic heterocycles. The van der Waals surface area contributed by atoms with E-state index >= 15 is 0 Å². The van der Waals surface area contributed by atoms with Crippen LogP contribution >= 0.6 is 0 Å². The van der Waals surface area contributed by atoms with Crippen LogP contribution in [0, 0.1) is 22.7 Å². The summed E-state index contributed by atoms with van der Waals surface area (Å²) in [5, 5.41) is 10.9. The van der Waals surface area contributed by atoms with Crippen LogP contribution in [0.2, 0.25) is 0 Å². The van der Waals surface area contributed by atoms with E-state index in [4.69, 9.17) is 15.2 Å². The molecule has 2 saturated heterocycles. The van der Waals surface area contributed by atoms with Gasteiger partial charge in [0.05, 0.1) is 18.8 Å². The monoisotopic (exact) mass is 394 g/mol. The lowest BCUT2D eigenvalue weighted by Crippen LogP contribution is -2.63. The van der Waals surface area contributed by atoms with Crippen molar-refractivity contribution in [2.75, 3.05) is 26.2 Å². The quantitative estimate of drug-likeness (QED) is 0.767. The number of hydrogen-bond donors (Lipinski definition) is 2. The van der Waals surface area contributed by atoms with E-state index in [9.17, 15) is 9.90 Å². The third kappa shape index (κ3) is 3.40. The second-order valence-corrected chi connectivity index (χ2v) is 10.1. The molecule has 3 N–H and O–H groups in total. The molecular weight excluding hydrogens is 356 g/mol. The van der Waals surface area contributed by atoms with E-state index in [2.05, 4.69) is 13.8 Å². The minimum atomic E-state index is -0.391. The van der Waals surface area contributed by atoms with Gasteiger partial charge in [-0.25, -0.2) is 0 Å². The van der Waals surface area contributed by atoms with Crippen LogP contribution in [0.15, 0.2) is 0 Å². The molecule has 6 heteroatoms. The van der Waals surface area contributed by atoms with E-state index in [1.54, 1.807) is 0 Å². The van der Waals surface area contributed by atoms with Gasteiger partial charge in [-0.3, -0.25) is 4.79 Å². The minimum absolute atomic E-state index is 0.0192. The van der Waals surface area contributed by atoms with Crippen LogP contribution in [-0.4, -0.2) is 60.7 Å². The molecule has 7 atom stereocenters. The first kappa shape index (κ1) is 20.6. The fourth-order valence-corrected chi connectivity index (χ4v) is 6.87. The van der Waals surface area contributed by atoms with E-state index in [-0.39, 0.29) is 35.0 Å². The van der Waals surface area contributed by atoms with Crippen LogP contribution in [-0.2, 0) is 14.3 Å². The Morgan fingerprint density at radius 2 is 1.89 bits per heavy atom. The molecule has 2 saturated carbocycles. The minimum Gasteiger partial charge on any atom is -0.393 e. The number of likely N-dealkylation sites (tertiary alicyclic amines) is 1. The van der Waals surface area contributed by atoms with Crippen LogP contribution in [0.3, 0.4) is 0 Å². The number of carbonyl (C=O) groups is 1. The molecule has 28 heavy (non-hydrogen) atoms. The molecule has 0 aromatic rings. The number of amides is 1. The molecular formula is C22H38N2O4. The number of carbonyl (C=O) groups excluding carboxylic acids is 1. The summed E-state index contributed by atoms with van der Waals surface area (Å²) in [5.41, 5.74) is 5.63. The topological polar surface area (TPSA) is 85.0 Å². The van der Waals surface area contributed by atoms with Gasteiger partial charge in [-0.1, -0.05) is 13.8 Å². The van der Waals surface area contributed by atoms with Crippen molar-refractivity contribution in [2.24, 2.45) is 28.4 Å². The fraction of sp³-hybridized carbons (Fsp3) is 0.955. The number of fused-ring (bicyclic) bond motifs is 3. The molecule has 0 bridgehead atoms. The summed E-state index contributed by atoms with van der Waals surface area (Å²) in [6.45, 7) is 7.40. The molecule has 2 aliphatic carbocycles. The smallest absolute Gasteiger partial charge is 0.222 e. The summed E-state index contributed by atoms with van der Waals surface area (Å²) in [6, 6.07) is 0. The number of nitrogens with two attached hydrogens (primary N) is 1. The zero-order chi connectivity index (χ0) is 19.9. The highest BCUT2D eigenvalue weighted by molar-refractivity contribution is 5.76. The SMILES string of the molecule is CC12COC(CN)OC1CCC1(C)C(CC(=O)N3CCCCC3)C(O)CCC21. The molecule has 4 aliphatic rings. The number of aliphatic hydroxyl groups is 1. The Balaban J connectivity index is 1.53. The summed E-state index contributed by atoms with van der Waals surface area (Å²) in [5.74, 6) is 0.642. The number of nitrogens with zero attached hydrogens (tertiary/aromatic N) is 1. The van der Waals surface area contributed by atoms with Crippen molar-refractivity contribution < 1.29 is 19.4 Å². The first-order chi connectivity index (χ1) is 13.4. The number of aliphatic hydroxyl groups excluding tert-OH is 1. The first-order valence-electron chi connectivity index (χ1n) is 11.3. The lowest BCUT2D eigenvalue weighted by molar-refractivity contribution is -0.305. The highest BCUT2D eigenvalue weighted by Gasteiger charge is 2.61. The molecule has 0 aromatic carbocycles. The summed E-state index contributed by atoms with van der Waals surface area (Å²) < 4.78 is 12.1. The molecule has 0 aromatic heterocycles. The molecule has 4 rings (SSSR count). The molecule has 160 valence electrons. The maximum absolute atomic E-state index is 13.0. The van der Waals surface area contributed by atoms with E-state index in [0.717, 1.165) is 51.6 Å². The van der Waals surface area contributed by atoms with Gasteiger partial charge in [0, 0.05) is 31.5 Å². The molecule has 0 spiro atoms. The zero-order valence-electron chi connectivity index (χ0n) is 17.6. The van der Waals surface area contributed by atoms with E-state index < -0.39 is 6.10 Å². The summed E-state index contributed by atoms with van der Waals surface area (Å²) in [6.07, 6.45) is 7.05. The summed E-state index contributed by atoms with van der Waals surface area (Å²) in [4.78, 5) is 15.0. The summed E-state index contributed by atoms with van der Waals surface area (Å²) in [7, 11) is 0. The van der Waals surface area contributed by atoms with Gasteiger partial charge in [0.2, 0.25) is 5.91 Å². The van der Waals surface area contributed by atoms with Crippen LogP contribution in [0.4, 0.5) is 0 Å². The molecule has 0 radical (unpaired) electrons. The normalized spacial score (nSPS) is 46.6. The van der Waals surface area contributed by atoms with E-state index in [0.29, 0.717) is 25.5 Å². The second kappa shape index (κ2) is 7.86. The molecule has 1 amide bonds. The first-order valence-corrected chi connectivity index (χ1v) is 11.3. The number of rotatable bonds is 3. The van der Waals surface area contributed by atoms with Crippen molar-refractivity contribution in [1.82, 2.24) is 4.90 Å². The van der Waals surface area contributed by atoms with Crippen LogP contribution in [0.25, 0.3) is 0 Å². The fourth-order valence-electron chi connectivity index (χ4n) is 6.87. The van der Waals surface area contributed by atoms with Gasteiger partial charge in [-0.2, -0.15) is 0 Å². The Hall–Kier alpha value is -0.690. The molecule has 6 nitrogen and oxygen atoms in total. The molecule has 4 fully saturated rings. The van der Waals surface area contributed by atoms with Gasteiger partial charge in [-0.05, 0) is 62.2 Å². The van der Waals surface area contributed by atoms with Crippen LogP contribution < -0.4 is 5.73 Å². The van der Waals surface area contributed by atoms with Gasteiger partial charge >= 0.3 is 0 Å². The van der Waals surface area contributed by atoms with E-state index in [1.807, 2.05) is 4.90 Å². The lowest BCUT2D eigenvalue weighted by atomic mass is 9.46. The number of hydrogen-bond acceptors (Lipinski definition) is 5. The van der Waals surface area contributed by atoms with Crippen molar-refractivity contribution in [3.05, 3.63) is 0 Å². The maximum Gasteiger partial charge on any atom is 0.222 e. The van der Waals surface area contributed by atoms with Gasteiger partial charge in [0.15, 0.2) is 6.29 Å². The zero-order valence-corrected chi connectivity index (χ0v) is 17.6. The molecule has 2 heterocycles. The number of piperidine rings is 1. The van der Waals surface area contributed by atoms with Crippen molar-refractivity contribution in [1.29, 1.82) is 0 Å². The Kier molecular flexibility index (Phi) is 5.78. The Morgan fingerprint density at radius 1 is 1.14 bits per heavy atom. The van der Waals surface area contributed by atoms with Gasteiger partial charge in [0.25, 0.3) is 0 Å². The molecule has 7 unspecified atom stereocenters. The highest BCUT2D eigenvalue weighted by atomic mass is 16.7.